The van der Waals surface area contributed by atoms with E-state index in [0.29, 0.717) is 24.3 Å². The maximum atomic E-state index is 12.8. The summed E-state index contributed by atoms with van der Waals surface area (Å²) in [5.41, 5.74) is 1.22. The Kier molecular flexibility index (Phi) is 6.11. The van der Waals surface area contributed by atoms with E-state index in [0.717, 1.165) is 5.56 Å². The number of amides is 1. The summed E-state index contributed by atoms with van der Waals surface area (Å²) in [7, 11) is 0. The Labute approximate surface area is 163 Å². The molecule has 0 spiro atoms. The SMILES string of the molecule is CCOc1ccc(/C(O)=C2/C(=O)C(=O)N(CCCO)C2c2ccccc2)cc1. The van der Waals surface area contributed by atoms with Gasteiger partial charge in [0, 0.05) is 18.7 Å². The first-order valence-electron chi connectivity index (χ1n) is 9.26. The normalized spacial score (nSPS) is 18.5. The third kappa shape index (κ3) is 3.77. The Bertz CT molecular complexity index is 874. The molecule has 2 aromatic rings. The Balaban J connectivity index is 2.08. The van der Waals surface area contributed by atoms with Crippen LogP contribution in [0.1, 0.15) is 30.5 Å². The second kappa shape index (κ2) is 8.71. The summed E-state index contributed by atoms with van der Waals surface area (Å²) >= 11 is 0. The highest BCUT2D eigenvalue weighted by atomic mass is 16.5. The molecule has 0 aliphatic carbocycles. The average molecular weight is 381 g/mol. The van der Waals surface area contributed by atoms with Gasteiger partial charge in [0.25, 0.3) is 11.7 Å². The number of nitrogens with zero attached hydrogens (tertiary/aromatic N) is 1. The van der Waals surface area contributed by atoms with Crippen molar-refractivity contribution < 1.29 is 24.5 Å². The molecule has 2 N–H and O–H groups in total. The number of benzene rings is 2. The van der Waals surface area contributed by atoms with Crippen LogP contribution >= 0.6 is 0 Å². The molecule has 146 valence electrons. The Morgan fingerprint density at radius 2 is 1.75 bits per heavy atom. The number of hydrogen-bond acceptors (Lipinski definition) is 5. The van der Waals surface area contributed by atoms with Crippen LogP contribution in [0.5, 0.6) is 5.75 Å². The van der Waals surface area contributed by atoms with E-state index < -0.39 is 17.7 Å². The zero-order valence-corrected chi connectivity index (χ0v) is 15.7. The van der Waals surface area contributed by atoms with Crippen molar-refractivity contribution >= 4 is 17.4 Å². The molecule has 2 aromatic carbocycles. The number of ketones is 1. The maximum absolute atomic E-state index is 12.8. The summed E-state index contributed by atoms with van der Waals surface area (Å²) in [6.45, 7) is 2.53. The number of aliphatic hydroxyl groups is 2. The van der Waals surface area contributed by atoms with Crippen molar-refractivity contribution in [3.63, 3.8) is 0 Å². The van der Waals surface area contributed by atoms with Crippen molar-refractivity contribution in [1.29, 1.82) is 0 Å². The molecule has 1 saturated heterocycles. The molecular weight excluding hydrogens is 358 g/mol. The lowest BCUT2D eigenvalue weighted by atomic mass is 9.95. The van der Waals surface area contributed by atoms with Crippen LogP contribution in [0.2, 0.25) is 0 Å². The van der Waals surface area contributed by atoms with E-state index in [1.54, 1.807) is 24.3 Å². The largest absolute Gasteiger partial charge is 0.507 e. The summed E-state index contributed by atoms with van der Waals surface area (Å²) in [6, 6.07) is 15.1. The number of carbonyl (C=O) groups is 2. The number of carbonyl (C=O) groups excluding carboxylic acids is 2. The average Bonchev–Trinajstić information content (AvgIpc) is 2.98. The van der Waals surface area contributed by atoms with Gasteiger partial charge < -0.3 is 19.8 Å². The Hall–Kier alpha value is -3.12. The topological polar surface area (TPSA) is 87.1 Å². The minimum atomic E-state index is -0.724. The van der Waals surface area contributed by atoms with Gasteiger partial charge in [0.1, 0.15) is 11.5 Å². The van der Waals surface area contributed by atoms with Gasteiger partial charge in [-0.3, -0.25) is 9.59 Å². The zero-order valence-electron chi connectivity index (χ0n) is 15.7. The van der Waals surface area contributed by atoms with Gasteiger partial charge in [0.2, 0.25) is 0 Å². The van der Waals surface area contributed by atoms with Crippen LogP contribution in [0.25, 0.3) is 5.76 Å². The molecule has 1 atom stereocenters. The van der Waals surface area contributed by atoms with Crippen molar-refractivity contribution in [2.24, 2.45) is 0 Å². The second-order valence-corrected chi connectivity index (χ2v) is 6.44. The van der Waals surface area contributed by atoms with Gasteiger partial charge in [-0.1, -0.05) is 30.3 Å². The van der Waals surface area contributed by atoms with Crippen LogP contribution < -0.4 is 4.74 Å². The minimum absolute atomic E-state index is 0.0540. The molecule has 6 nitrogen and oxygen atoms in total. The van der Waals surface area contributed by atoms with Gasteiger partial charge in [-0.2, -0.15) is 0 Å². The van der Waals surface area contributed by atoms with Gasteiger partial charge in [-0.25, -0.2) is 0 Å². The molecule has 3 rings (SSSR count). The van der Waals surface area contributed by atoms with Crippen molar-refractivity contribution in [1.82, 2.24) is 4.90 Å². The van der Waals surface area contributed by atoms with Crippen LogP contribution in [0.4, 0.5) is 0 Å². The third-order valence-electron chi connectivity index (χ3n) is 4.65. The van der Waals surface area contributed by atoms with E-state index >= 15 is 0 Å². The quantitative estimate of drug-likeness (QED) is 0.437. The fraction of sp³-hybridized carbons (Fsp3) is 0.273. The van der Waals surface area contributed by atoms with Crippen LogP contribution in [-0.2, 0) is 9.59 Å². The maximum Gasteiger partial charge on any atom is 0.295 e. The molecule has 1 aliphatic rings. The molecule has 1 aliphatic heterocycles. The highest BCUT2D eigenvalue weighted by molar-refractivity contribution is 6.46. The Morgan fingerprint density at radius 1 is 1.07 bits per heavy atom. The molecule has 0 bridgehead atoms. The number of rotatable bonds is 7. The van der Waals surface area contributed by atoms with E-state index in [-0.39, 0.29) is 24.5 Å². The van der Waals surface area contributed by atoms with Crippen LogP contribution in [-0.4, -0.2) is 46.6 Å². The summed E-state index contributed by atoms with van der Waals surface area (Å²) in [6.07, 6.45) is 0.347. The smallest absolute Gasteiger partial charge is 0.295 e. The number of Topliss-reactive ketones (excluding diaryl/α,β-unsaturated/α-hetero) is 1. The standard InChI is InChI=1S/C22H23NO5/c1-2-28-17-11-9-16(10-12-17)20(25)18-19(15-7-4-3-5-8-15)23(13-6-14-24)22(27)21(18)26/h3-5,7-12,19,24-25H,2,6,13-14H2,1H3/b20-18-. The molecule has 1 fully saturated rings. The molecular formula is C22H23NO5. The summed E-state index contributed by atoms with van der Waals surface area (Å²) in [5.74, 6) is -0.961. The third-order valence-corrected chi connectivity index (χ3v) is 4.65. The lowest BCUT2D eigenvalue weighted by Gasteiger charge is -2.25. The highest BCUT2D eigenvalue weighted by Gasteiger charge is 2.45. The number of hydrogen-bond donors (Lipinski definition) is 2. The van der Waals surface area contributed by atoms with E-state index in [9.17, 15) is 14.7 Å². The van der Waals surface area contributed by atoms with Gasteiger partial charge in [-0.15, -0.1) is 0 Å². The monoisotopic (exact) mass is 381 g/mol. The molecule has 1 unspecified atom stereocenters. The van der Waals surface area contributed by atoms with Crippen molar-refractivity contribution in [3.05, 3.63) is 71.3 Å². The number of likely N-dealkylation sites (tertiary alicyclic amines) is 1. The van der Waals surface area contributed by atoms with Crippen molar-refractivity contribution in [3.8, 4) is 5.75 Å². The predicted octanol–water partition coefficient (Wildman–Crippen LogP) is 2.89. The predicted molar refractivity (Wildman–Crippen MR) is 105 cm³/mol. The van der Waals surface area contributed by atoms with E-state index in [1.165, 1.54) is 4.90 Å². The van der Waals surface area contributed by atoms with Crippen molar-refractivity contribution in [2.45, 2.75) is 19.4 Å². The molecule has 0 saturated carbocycles. The first-order chi connectivity index (χ1) is 13.6. The Morgan fingerprint density at radius 3 is 2.36 bits per heavy atom. The molecule has 28 heavy (non-hydrogen) atoms. The van der Waals surface area contributed by atoms with Crippen molar-refractivity contribution in [2.75, 3.05) is 19.8 Å². The molecule has 1 amide bonds. The van der Waals surface area contributed by atoms with Crippen LogP contribution in [0, 0.1) is 0 Å². The highest BCUT2D eigenvalue weighted by Crippen LogP contribution is 2.39. The lowest BCUT2D eigenvalue weighted by Crippen LogP contribution is -2.31. The summed E-state index contributed by atoms with van der Waals surface area (Å²) in [5, 5.41) is 20.1. The fourth-order valence-corrected chi connectivity index (χ4v) is 3.36. The minimum Gasteiger partial charge on any atom is -0.507 e. The fourth-order valence-electron chi connectivity index (χ4n) is 3.36. The number of ether oxygens (including phenoxy) is 1. The van der Waals surface area contributed by atoms with Gasteiger partial charge >= 0.3 is 0 Å². The van der Waals surface area contributed by atoms with Crippen LogP contribution in [0.15, 0.2) is 60.2 Å². The molecule has 1 heterocycles. The zero-order chi connectivity index (χ0) is 20.1. The summed E-state index contributed by atoms with van der Waals surface area (Å²) in [4.78, 5) is 26.8. The van der Waals surface area contributed by atoms with E-state index in [1.807, 2.05) is 37.3 Å². The lowest BCUT2D eigenvalue weighted by molar-refractivity contribution is -0.140. The summed E-state index contributed by atoms with van der Waals surface area (Å²) < 4.78 is 5.41. The second-order valence-electron chi connectivity index (χ2n) is 6.44. The van der Waals surface area contributed by atoms with Crippen LogP contribution in [0.3, 0.4) is 0 Å². The van der Waals surface area contributed by atoms with E-state index in [2.05, 4.69) is 0 Å². The first-order valence-corrected chi connectivity index (χ1v) is 9.26. The molecule has 0 radical (unpaired) electrons. The molecule has 6 heteroatoms. The van der Waals surface area contributed by atoms with Gasteiger partial charge in [-0.05, 0) is 43.2 Å². The van der Waals surface area contributed by atoms with Gasteiger partial charge in [0.15, 0.2) is 0 Å². The molecule has 0 aromatic heterocycles. The first kappa shape index (κ1) is 19.6. The van der Waals surface area contributed by atoms with E-state index in [4.69, 9.17) is 9.84 Å². The number of aliphatic hydroxyl groups excluding tert-OH is 2. The van der Waals surface area contributed by atoms with Gasteiger partial charge in [0.05, 0.1) is 18.2 Å².